The van der Waals surface area contributed by atoms with Crippen molar-refractivity contribution in [3.8, 4) is 5.75 Å². The zero-order valence-electron chi connectivity index (χ0n) is 14.3. The van der Waals surface area contributed by atoms with Gasteiger partial charge in [0.25, 0.3) is 0 Å². The number of aromatic nitrogens is 1. The Bertz CT molecular complexity index is 727. The highest BCUT2D eigenvalue weighted by molar-refractivity contribution is 5.79. The fourth-order valence-corrected chi connectivity index (χ4v) is 3.70. The number of carbonyl (C=O) groups excluding carboxylic acids is 1. The fourth-order valence-electron chi connectivity index (χ4n) is 3.70. The lowest BCUT2D eigenvalue weighted by atomic mass is 9.95. The predicted octanol–water partition coefficient (Wildman–Crippen LogP) is 2.37. The SMILES string of the molecule is O=C([C@H]1CCOc2ccccc2C1)N1CCN(c2ccncc2)CC1. The number of rotatable bonds is 2. The van der Waals surface area contributed by atoms with Gasteiger partial charge in [-0.15, -0.1) is 0 Å². The van der Waals surface area contributed by atoms with Crippen LogP contribution in [-0.4, -0.2) is 48.6 Å². The minimum atomic E-state index is 0.0242. The molecule has 0 saturated carbocycles. The van der Waals surface area contributed by atoms with E-state index in [9.17, 15) is 4.79 Å². The largest absolute Gasteiger partial charge is 0.493 e. The first-order valence-electron chi connectivity index (χ1n) is 8.96. The maximum atomic E-state index is 13.0. The van der Waals surface area contributed by atoms with E-state index in [1.807, 2.05) is 47.6 Å². The quantitative estimate of drug-likeness (QED) is 0.844. The number of para-hydroxylation sites is 1. The molecule has 25 heavy (non-hydrogen) atoms. The third kappa shape index (κ3) is 3.45. The Hall–Kier alpha value is -2.56. The molecule has 2 aromatic rings. The Kier molecular flexibility index (Phi) is 4.55. The zero-order chi connectivity index (χ0) is 17.1. The summed E-state index contributed by atoms with van der Waals surface area (Å²) in [7, 11) is 0. The fraction of sp³-hybridized carbons (Fsp3) is 0.400. The average Bonchev–Trinajstić information content (AvgIpc) is 2.91. The van der Waals surface area contributed by atoms with E-state index in [1.54, 1.807) is 0 Å². The molecule has 0 spiro atoms. The van der Waals surface area contributed by atoms with Crippen LogP contribution in [0.2, 0.25) is 0 Å². The number of ether oxygens (including phenoxy) is 1. The summed E-state index contributed by atoms with van der Waals surface area (Å²) in [4.78, 5) is 21.4. The van der Waals surface area contributed by atoms with Crippen molar-refractivity contribution in [1.82, 2.24) is 9.88 Å². The van der Waals surface area contributed by atoms with E-state index in [0.717, 1.165) is 50.3 Å². The average molecular weight is 337 g/mol. The van der Waals surface area contributed by atoms with Crippen molar-refractivity contribution >= 4 is 11.6 Å². The first kappa shape index (κ1) is 15.9. The van der Waals surface area contributed by atoms with Gasteiger partial charge in [-0.25, -0.2) is 0 Å². The molecule has 1 fully saturated rings. The first-order chi connectivity index (χ1) is 12.3. The normalized spacial score (nSPS) is 20.4. The number of pyridine rings is 1. The van der Waals surface area contributed by atoms with E-state index in [1.165, 1.54) is 5.69 Å². The second-order valence-electron chi connectivity index (χ2n) is 6.66. The molecule has 130 valence electrons. The predicted molar refractivity (Wildman–Crippen MR) is 96.8 cm³/mol. The molecule has 1 saturated heterocycles. The molecule has 5 nitrogen and oxygen atoms in total. The lowest BCUT2D eigenvalue weighted by Crippen LogP contribution is -2.50. The van der Waals surface area contributed by atoms with Crippen molar-refractivity contribution in [3.05, 3.63) is 54.4 Å². The molecule has 0 bridgehead atoms. The van der Waals surface area contributed by atoms with Gasteiger partial charge in [-0.2, -0.15) is 0 Å². The molecule has 5 heteroatoms. The molecule has 1 aromatic carbocycles. The number of benzene rings is 1. The summed E-state index contributed by atoms with van der Waals surface area (Å²) in [6.45, 7) is 3.91. The second kappa shape index (κ2) is 7.13. The number of hydrogen-bond donors (Lipinski definition) is 0. The summed E-state index contributed by atoms with van der Waals surface area (Å²) in [6, 6.07) is 12.1. The molecule has 2 aliphatic rings. The third-order valence-electron chi connectivity index (χ3n) is 5.13. The molecule has 0 unspecified atom stereocenters. The molecule has 1 amide bonds. The Morgan fingerprint density at radius 3 is 2.60 bits per heavy atom. The lowest BCUT2D eigenvalue weighted by Gasteiger charge is -2.37. The van der Waals surface area contributed by atoms with Crippen LogP contribution in [0.4, 0.5) is 5.69 Å². The Balaban J connectivity index is 1.39. The van der Waals surface area contributed by atoms with Crippen LogP contribution in [0, 0.1) is 5.92 Å². The summed E-state index contributed by atoms with van der Waals surface area (Å²) >= 11 is 0. The van der Waals surface area contributed by atoms with Gasteiger partial charge < -0.3 is 14.5 Å². The van der Waals surface area contributed by atoms with Gasteiger partial charge in [0.2, 0.25) is 5.91 Å². The highest BCUT2D eigenvalue weighted by Gasteiger charge is 2.29. The van der Waals surface area contributed by atoms with Crippen LogP contribution in [0.1, 0.15) is 12.0 Å². The number of hydrogen-bond acceptors (Lipinski definition) is 4. The second-order valence-corrected chi connectivity index (χ2v) is 6.66. The molecule has 2 aliphatic heterocycles. The minimum absolute atomic E-state index is 0.0242. The monoisotopic (exact) mass is 337 g/mol. The van der Waals surface area contributed by atoms with E-state index >= 15 is 0 Å². The summed E-state index contributed by atoms with van der Waals surface area (Å²) < 4.78 is 5.81. The van der Waals surface area contributed by atoms with E-state index in [-0.39, 0.29) is 11.8 Å². The van der Waals surface area contributed by atoms with E-state index in [0.29, 0.717) is 6.61 Å². The molecule has 0 N–H and O–H groups in total. The van der Waals surface area contributed by atoms with Crippen molar-refractivity contribution in [3.63, 3.8) is 0 Å². The summed E-state index contributed by atoms with van der Waals surface area (Å²) in [6.07, 6.45) is 5.20. The molecule has 0 radical (unpaired) electrons. The lowest BCUT2D eigenvalue weighted by molar-refractivity contribution is -0.136. The number of nitrogens with zero attached hydrogens (tertiary/aromatic N) is 3. The maximum absolute atomic E-state index is 13.0. The molecule has 1 atom stereocenters. The number of carbonyl (C=O) groups is 1. The van der Waals surface area contributed by atoms with Gasteiger partial charge in [0.05, 0.1) is 6.61 Å². The van der Waals surface area contributed by atoms with Crippen LogP contribution in [0.3, 0.4) is 0 Å². The Labute approximate surface area is 148 Å². The van der Waals surface area contributed by atoms with Gasteiger partial charge >= 0.3 is 0 Å². The van der Waals surface area contributed by atoms with Crippen molar-refractivity contribution in [2.45, 2.75) is 12.8 Å². The van der Waals surface area contributed by atoms with Crippen LogP contribution in [0.5, 0.6) is 5.75 Å². The number of fused-ring (bicyclic) bond motifs is 1. The Morgan fingerprint density at radius 2 is 1.80 bits per heavy atom. The number of anilines is 1. The molecular formula is C20H23N3O2. The standard InChI is InChI=1S/C20H23N3O2/c24-20(17-7-14-25-19-4-2-1-3-16(19)15-17)23-12-10-22(11-13-23)18-5-8-21-9-6-18/h1-6,8-9,17H,7,10-15H2/t17-/m0/s1. The van der Waals surface area contributed by atoms with Crippen LogP contribution in [0.25, 0.3) is 0 Å². The summed E-state index contributed by atoms with van der Waals surface area (Å²) in [5, 5.41) is 0. The van der Waals surface area contributed by atoms with E-state index in [2.05, 4.69) is 16.0 Å². The first-order valence-corrected chi connectivity index (χ1v) is 8.96. The van der Waals surface area contributed by atoms with Crippen molar-refractivity contribution in [1.29, 1.82) is 0 Å². The van der Waals surface area contributed by atoms with Gasteiger partial charge in [-0.3, -0.25) is 9.78 Å². The van der Waals surface area contributed by atoms with Crippen molar-refractivity contribution in [2.24, 2.45) is 5.92 Å². The molecule has 1 aromatic heterocycles. The van der Waals surface area contributed by atoms with Crippen molar-refractivity contribution in [2.75, 3.05) is 37.7 Å². The van der Waals surface area contributed by atoms with Gasteiger partial charge in [-0.1, -0.05) is 18.2 Å². The summed E-state index contributed by atoms with van der Waals surface area (Å²) in [5.41, 5.74) is 2.33. The van der Waals surface area contributed by atoms with Gasteiger partial charge in [0, 0.05) is 50.2 Å². The Morgan fingerprint density at radius 1 is 1.04 bits per heavy atom. The van der Waals surface area contributed by atoms with Crippen LogP contribution in [-0.2, 0) is 11.2 Å². The van der Waals surface area contributed by atoms with Gasteiger partial charge in [0.1, 0.15) is 5.75 Å². The smallest absolute Gasteiger partial charge is 0.226 e. The molecule has 3 heterocycles. The molecule has 4 rings (SSSR count). The van der Waals surface area contributed by atoms with Gasteiger partial charge in [0.15, 0.2) is 0 Å². The number of piperazine rings is 1. The highest BCUT2D eigenvalue weighted by Crippen LogP contribution is 2.28. The number of amides is 1. The molecule has 0 aliphatic carbocycles. The van der Waals surface area contributed by atoms with E-state index < -0.39 is 0 Å². The third-order valence-corrected chi connectivity index (χ3v) is 5.13. The molecular weight excluding hydrogens is 314 g/mol. The van der Waals surface area contributed by atoms with E-state index in [4.69, 9.17) is 4.74 Å². The van der Waals surface area contributed by atoms with Crippen LogP contribution >= 0.6 is 0 Å². The van der Waals surface area contributed by atoms with Gasteiger partial charge in [-0.05, 0) is 36.6 Å². The van der Waals surface area contributed by atoms with Crippen molar-refractivity contribution < 1.29 is 9.53 Å². The van der Waals surface area contributed by atoms with Crippen LogP contribution in [0.15, 0.2) is 48.8 Å². The highest BCUT2D eigenvalue weighted by atomic mass is 16.5. The topological polar surface area (TPSA) is 45.7 Å². The van der Waals surface area contributed by atoms with Crippen LogP contribution < -0.4 is 9.64 Å². The minimum Gasteiger partial charge on any atom is -0.493 e. The summed E-state index contributed by atoms with van der Waals surface area (Å²) in [5.74, 6) is 1.23. The zero-order valence-corrected chi connectivity index (χ0v) is 14.3. The maximum Gasteiger partial charge on any atom is 0.226 e.